The van der Waals surface area contributed by atoms with E-state index in [0.29, 0.717) is 34.8 Å². The number of hydrogen-bond acceptors (Lipinski definition) is 6. The lowest BCUT2D eigenvalue weighted by Gasteiger charge is -2.06. The van der Waals surface area contributed by atoms with E-state index in [9.17, 15) is 23.2 Å². The van der Waals surface area contributed by atoms with Crippen LogP contribution in [0.4, 0.5) is 8.78 Å². The molecule has 7 nitrogen and oxygen atoms in total. The normalized spacial score (nSPS) is 14.5. The summed E-state index contributed by atoms with van der Waals surface area (Å²) < 4.78 is 38.7. The molecule has 0 saturated carbocycles. The monoisotopic (exact) mass is 441 g/mol. The van der Waals surface area contributed by atoms with Gasteiger partial charge in [-0.15, -0.1) is 0 Å². The van der Waals surface area contributed by atoms with E-state index in [2.05, 4.69) is 4.98 Å². The van der Waals surface area contributed by atoms with Gasteiger partial charge in [0.25, 0.3) is 0 Å². The number of halogens is 2. The smallest absolute Gasteiger partial charge is 0.371 e. The summed E-state index contributed by atoms with van der Waals surface area (Å²) in [5.74, 6) is -6.85. The highest BCUT2D eigenvalue weighted by molar-refractivity contribution is 6.31. The Kier molecular flexibility index (Phi) is 5.33. The van der Waals surface area contributed by atoms with Crippen LogP contribution < -0.4 is 4.74 Å². The Hall–Kier alpha value is -3.88. The topological polar surface area (TPSA) is 107 Å². The molecule has 0 atom stereocenters. The first-order valence-corrected chi connectivity index (χ1v) is 9.68. The third kappa shape index (κ3) is 3.89. The summed E-state index contributed by atoms with van der Waals surface area (Å²) in [6, 6.07) is 10.5. The number of ketones is 2. The molecule has 1 heterocycles. The Bertz CT molecular complexity index is 1250. The molecule has 9 heteroatoms. The van der Waals surface area contributed by atoms with Crippen molar-refractivity contribution in [1.29, 1.82) is 0 Å². The highest BCUT2D eigenvalue weighted by atomic mass is 19.3. The first kappa shape index (κ1) is 21.4. The van der Waals surface area contributed by atoms with Crippen molar-refractivity contribution < 1.29 is 37.4 Å². The number of carboxylic acids is 1. The number of aromatic nitrogens is 1. The fourth-order valence-corrected chi connectivity index (χ4v) is 3.47. The summed E-state index contributed by atoms with van der Waals surface area (Å²) in [7, 11) is 0. The van der Waals surface area contributed by atoms with E-state index in [1.807, 2.05) is 0 Å². The number of oxazole rings is 1. The Morgan fingerprint density at radius 1 is 1.12 bits per heavy atom. The first-order chi connectivity index (χ1) is 15.2. The fourth-order valence-electron chi connectivity index (χ4n) is 3.47. The number of aryl methyl sites for hydroxylation is 1. The predicted octanol–water partition coefficient (Wildman–Crippen LogP) is 3.91. The molecule has 164 valence electrons. The number of ether oxygens (including phenoxy) is 1. The molecule has 2 aromatic carbocycles. The summed E-state index contributed by atoms with van der Waals surface area (Å²) in [5, 5.41) is 8.88. The van der Waals surface area contributed by atoms with Crippen LogP contribution in [-0.2, 0) is 17.6 Å². The molecule has 0 fully saturated rings. The van der Waals surface area contributed by atoms with Crippen molar-refractivity contribution in [2.24, 2.45) is 0 Å². The molecule has 0 radical (unpaired) electrons. The van der Waals surface area contributed by atoms with Crippen LogP contribution in [0.15, 0.2) is 46.9 Å². The average Bonchev–Trinajstić information content (AvgIpc) is 3.19. The number of benzene rings is 2. The molecule has 1 aliphatic rings. The van der Waals surface area contributed by atoms with E-state index >= 15 is 0 Å². The van der Waals surface area contributed by atoms with Gasteiger partial charge in [-0.05, 0) is 42.8 Å². The second-order valence-corrected chi connectivity index (χ2v) is 7.33. The maximum atomic E-state index is 13.7. The Morgan fingerprint density at radius 3 is 2.62 bits per heavy atom. The maximum Gasteiger partial charge on any atom is 0.371 e. The minimum absolute atomic E-state index is 0.107. The van der Waals surface area contributed by atoms with Gasteiger partial charge < -0.3 is 14.3 Å². The predicted molar refractivity (Wildman–Crippen MR) is 107 cm³/mol. The lowest BCUT2D eigenvalue weighted by atomic mass is 10.1. The van der Waals surface area contributed by atoms with E-state index in [0.717, 1.165) is 0 Å². The summed E-state index contributed by atoms with van der Waals surface area (Å²) in [4.78, 5) is 38.8. The highest BCUT2D eigenvalue weighted by Gasteiger charge is 2.55. The van der Waals surface area contributed by atoms with E-state index in [-0.39, 0.29) is 30.0 Å². The van der Waals surface area contributed by atoms with Crippen molar-refractivity contribution >= 4 is 17.5 Å². The summed E-state index contributed by atoms with van der Waals surface area (Å²) in [5.41, 5.74) is 0.838. The molecule has 1 aliphatic carbocycles. The SMILES string of the molecule is Cc1oc(-c2ccc3c(c2)C(=O)C(F)(F)C3=O)nc1CCOc1cccc(CC(=O)O)c1. The first-order valence-electron chi connectivity index (χ1n) is 9.68. The van der Waals surface area contributed by atoms with Crippen LogP contribution in [0.1, 0.15) is 37.7 Å². The van der Waals surface area contributed by atoms with Gasteiger partial charge in [-0.2, -0.15) is 8.78 Å². The molecule has 3 aromatic rings. The van der Waals surface area contributed by atoms with Gasteiger partial charge in [0.1, 0.15) is 11.5 Å². The van der Waals surface area contributed by atoms with Gasteiger partial charge in [-0.25, -0.2) is 4.98 Å². The van der Waals surface area contributed by atoms with Crippen molar-refractivity contribution in [3.63, 3.8) is 0 Å². The molecule has 0 spiro atoms. The van der Waals surface area contributed by atoms with Crippen molar-refractivity contribution in [3.8, 4) is 17.2 Å². The number of carboxylic acid groups (broad SMARTS) is 1. The van der Waals surface area contributed by atoms with Crippen molar-refractivity contribution in [2.75, 3.05) is 6.61 Å². The Labute approximate surface area is 180 Å². The number of aliphatic carboxylic acids is 1. The standard InChI is InChI=1S/C23H17F2NO6/c1-12-18(7-8-31-15-4-2-3-13(9-15)10-19(27)28)26-22(32-12)14-5-6-16-17(11-14)21(30)23(24,25)20(16)29/h2-6,9,11H,7-8,10H2,1H3,(H,27,28). The molecule has 0 bridgehead atoms. The second-order valence-electron chi connectivity index (χ2n) is 7.33. The Balaban J connectivity index is 1.47. The van der Waals surface area contributed by atoms with E-state index in [1.54, 1.807) is 31.2 Å². The van der Waals surface area contributed by atoms with Crippen LogP contribution in [0.3, 0.4) is 0 Å². The molecule has 0 unspecified atom stereocenters. The van der Waals surface area contributed by atoms with Crippen LogP contribution in [0.5, 0.6) is 5.75 Å². The molecule has 0 aliphatic heterocycles. The second kappa shape index (κ2) is 7.99. The number of nitrogens with zero attached hydrogens (tertiary/aromatic N) is 1. The lowest BCUT2D eigenvalue weighted by molar-refractivity contribution is -0.136. The van der Waals surface area contributed by atoms with Gasteiger partial charge in [0.05, 0.1) is 18.7 Å². The van der Waals surface area contributed by atoms with E-state index < -0.39 is 23.5 Å². The number of fused-ring (bicyclic) bond motifs is 1. The number of carbonyl (C=O) groups excluding carboxylic acids is 2. The van der Waals surface area contributed by atoms with E-state index in [1.165, 1.54) is 18.2 Å². The molecule has 0 saturated heterocycles. The van der Waals surface area contributed by atoms with Crippen LogP contribution in [0.25, 0.3) is 11.5 Å². The number of hydrogen-bond donors (Lipinski definition) is 1. The maximum absolute atomic E-state index is 13.7. The fraction of sp³-hybridized carbons (Fsp3) is 0.217. The number of Topliss-reactive ketones (excluding diaryl/α,β-unsaturated/α-hetero) is 2. The molecule has 32 heavy (non-hydrogen) atoms. The minimum atomic E-state index is -4.04. The van der Waals surface area contributed by atoms with Gasteiger partial charge >= 0.3 is 11.9 Å². The molecular formula is C23H17F2NO6. The largest absolute Gasteiger partial charge is 0.493 e. The van der Waals surface area contributed by atoms with Crippen molar-refractivity contribution in [3.05, 3.63) is 70.6 Å². The zero-order valence-electron chi connectivity index (χ0n) is 16.9. The van der Waals surface area contributed by atoms with Crippen LogP contribution in [-0.4, -0.2) is 40.2 Å². The zero-order valence-corrected chi connectivity index (χ0v) is 16.9. The minimum Gasteiger partial charge on any atom is -0.493 e. The third-order valence-corrected chi connectivity index (χ3v) is 5.08. The highest BCUT2D eigenvalue weighted by Crippen LogP contribution is 2.36. The van der Waals surface area contributed by atoms with Crippen LogP contribution >= 0.6 is 0 Å². The number of alkyl halides is 2. The zero-order chi connectivity index (χ0) is 23.0. The molecule has 1 N–H and O–H groups in total. The molecule has 4 rings (SSSR count). The molecule has 1 aromatic heterocycles. The van der Waals surface area contributed by atoms with Gasteiger partial charge in [0.15, 0.2) is 0 Å². The van der Waals surface area contributed by atoms with Gasteiger partial charge in [0, 0.05) is 23.1 Å². The van der Waals surface area contributed by atoms with E-state index in [4.69, 9.17) is 14.3 Å². The third-order valence-electron chi connectivity index (χ3n) is 5.08. The van der Waals surface area contributed by atoms with Crippen LogP contribution in [0, 0.1) is 6.92 Å². The summed E-state index contributed by atoms with van der Waals surface area (Å²) in [6.07, 6.45) is 0.267. The quantitative estimate of drug-likeness (QED) is 0.554. The van der Waals surface area contributed by atoms with Crippen LogP contribution in [0.2, 0.25) is 0 Å². The summed E-state index contributed by atoms with van der Waals surface area (Å²) >= 11 is 0. The summed E-state index contributed by atoms with van der Waals surface area (Å²) in [6.45, 7) is 1.93. The van der Waals surface area contributed by atoms with Crippen molar-refractivity contribution in [2.45, 2.75) is 25.7 Å². The number of rotatable bonds is 7. The Morgan fingerprint density at radius 2 is 1.88 bits per heavy atom. The number of carbonyl (C=O) groups is 3. The average molecular weight is 441 g/mol. The van der Waals surface area contributed by atoms with Gasteiger partial charge in [-0.1, -0.05) is 12.1 Å². The van der Waals surface area contributed by atoms with Gasteiger partial charge in [0.2, 0.25) is 17.5 Å². The lowest BCUT2D eigenvalue weighted by Crippen LogP contribution is -2.30. The van der Waals surface area contributed by atoms with Crippen molar-refractivity contribution in [1.82, 2.24) is 4.98 Å². The van der Waals surface area contributed by atoms with Gasteiger partial charge in [-0.3, -0.25) is 14.4 Å². The molecule has 0 amide bonds. The molecular weight excluding hydrogens is 424 g/mol.